The smallest absolute Gasteiger partial charge is 0.119 e. The number of hydrogen-bond acceptors (Lipinski definition) is 3. The molecule has 1 saturated heterocycles. The van der Waals surface area contributed by atoms with E-state index < -0.39 is 0 Å². The van der Waals surface area contributed by atoms with E-state index in [1.54, 1.807) is 0 Å². The Morgan fingerprint density at radius 3 is 2.85 bits per heavy atom. The number of hydrogen-bond donors (Lipinski definition) is 1. The van der Waals surface area contributed by atoms with E-state index in [-0.39, 0.29) is 0 Å². The van der Waals surface area contributed by atoms with Crippen molar-refractivity contribution in [1.29, 1.82) is 0 Å². The van der Waals surface area contributed by atoms with Crippen LogP contribution in [0.4, 0.5) is 0 Å². The van der Waals surface area contributed by atoms with Crippen LogP contribution in [-0.2, 0) is 0 Å². The quantitative estimate of drug-likeness (QED) is 0.809. The van der Waals surface area contributed by atoms with Gasteiger partial charge in [0.25, 0.3) is 0 Å². The van der Waals surface area contributed by atoms with Crippen molar-refractivity contribution in [2.75, 3.05) is 32.8 Å². The van der Waals surface area contributed by atoms with Gasteiger partial charge in [0.2, 0.25) is 0 Å². The largest absolute Gasteiger partial charge is 0.494 e. The summed E-state index contributed by atoms with van der Waals surface area (Å²) in [5.41, 5.74) is 1.28. The van der Waals surface area contributed by atoms with E-state index in [1.807, 2.05) is 0 Å². The Bertz CT molecular complexity index is 377. The molecular formula is C17H28N2O. The van der Waals surface area contributed by atoms with Gasteiger partial charge < -0.3 is 15.0 Å². The van der Waals surface area contributed by atoms with Crippen LogP contribution in [-0.4, -0.2) is 43.7 Å². The van der Waals surface area contributed by atoms with Gasteiger partial charge >= 0.3 is 0 Å². The van der Waals surface area contributed by atoms with Gasteiger partial charge in [-0.3, -0.25) is 0 Å². The van der Waals surface area contributed by atoms with E-state index in [1.165, 1.54) is 38.0 Å². The third-order valence-corrected chi connectivity index (χ3v) is 3.83. The van der Waals surface area contributed by atoms with Crippen LogP contribution in [0, 0.1) is 6.92 Å². The second-order valence-electron chi connectivity index (χ2n) is 5.88. The van der Waals surface area contributed by atoms with Crippen LogP contribution in [0.15, 0.2) is 24.3 Å². The molecule has 0 amide bonds. The number of nitrogens with zero attached hydrogens (tertiary/aromatic N) is 1. The number of rotatable bonds is 6. The Morgan fingerprint density at radius 1 is 1.25 bits per heavy atom. The highest BCUT2D eigenvalue weighted by Crippen LogP contribution is 2.12. The van der Waals surface area contributed by atoms with Gasteiger partial charge in [-0.2, -0.15) is 0 Å². The van der Waals surface area contributed by atoms with Crippen molar-refractivity contribution >= 4 is 0 Å². The Hall–Kier alpha value is -1.06. The second kappa shape index (κ2) is 8.28. The number of unbranched alkanes of at least 4 members (excludes halogenated alkanes) is 1. The first-order valence-electron chi connectivity index (χ1n) is 7.89. The predicted octanol–water partition coefficient (Wildman–Crippen LogP) is 2.84. The molecule has 2 rings (SSSR count). The summed E-state index contributed by atoms with van der Waals surface area (Å²) >= 11 is 0. The lowest BCUT2D eigenvalue weighted by Gasteiger charge is -2.22. The molecule has 0 saturated carbocycles. The molecule has 3 heteroatoms. The molecule has 1 fully saturated rings. The van der Waals surface area contributed by atoms with Crippen LogP contribution in [0.1, 0.15) is 31.7 Å². The van der Waals surface area contributed by atoms with Crippen LogP contribution in [0.5, 0.6) is 5.75 Å². The first-order valence-corrected chi connectivity index (χ1v) is 7.89. The third-order valence-electron chi connectivity index (χ3n) is 3.83. The third kappa shape index (κ3) is 5.51. The molecule has 0 aliphatic carbocycles. The fraction of sp³-hybridized carbons (Fsp3) is 0.647. The second-order valence-corrected chi connectivity index (χ2v) is 5.88. The zero-order valence-electron chi connectivity index (χ0n) is 12.9. The van der Waals surface area contributed by atoms with Crippen molar-refractivity contribution in [3.63, 3.8) is 0 Å². The molecule has 1 aliphatic rings. The average Bonchev–Trinajstić information content (AvgIpc) is 2.65. The lowest BCUT2D eigenvalue weighted by atomic mass is 10.2. The van der Waals surface area contributed by atoms with Gasteiger partial charge in [-0.15, -0.1) is 0 Å². The van der Waals surface area contributed by atoms with Crippen molar-refractivity contribution < 1.29 is 4.74 Å². The first-order chi connectivity index (χ1) is 9.74. The minimum Gasteiger partial charge on any atom is -0.494 e. The number of nitrogens with one attached hydrogen (secondary N) is 1. The van der Waals surface area contributed by atoms with Crippen LogP contribution in [0.2, 0.25) is 0 Å². The topological polar surface area (TPSA) is 24.5 Å². The van der Waals surface area contributed by atoms with Crippen molar-refractivity contribution in [2.24, 2.45) is 0 Å². The van der Waals surface area contributed by atoms with Crippen molar-refractivity contribution in [2.45, 2.75) is 39.2 Å². The number of ether oxygens (including phenoxy) is 1. The predicted molar refractivity (Wildman–Crippen MR) is 84.4 cm³/mol. The Kier molecular flexibility index (Phi) is 6.34. The molecule has 0 spiro atoms. The highest BCUT2D eigenvalue weighted by atomic mass is 16.5. The maximum atomic E-state index is 5.77. The van der Waals surface area contributed by atoms with Crippen LogP contribution in [0.25, 0.3) is 0 Å². The Labute approximate surface area is 123 Å². The summed E-state index contributed by atoms with van der Waals surface area (Å²) in [6.45, 7) is 9.97. The number of benzene rings is 1. The lowest BCUT2D eigenvalue weighted by molar-refractivity contribution is 0.249. The molecule has 1 aromatic rings. The van der Waals surface area contributed by atoms with Gasteiger partial charge in [-0.25, -0.2) is 0 Å². The van der Waals surface area contributed by atoms with Gasteiger partial charge in [-0.1, -0.05) is 17.7 Å². The van der Waals surface area contributed by atoms with Crippen LogP contribution >= 0.6 is 0 Å². The normalized spacial score (nSPS) is 20.6. The fourth-order valence-corrected chi connectivity index (χ4v) is 2.66. The molecule has 3 nitrogen and oxygen atoms in total. The Balaban J connectivity index is 1.58. The lowest BCUT2D eigenvalue weighted by Crippen LogP contribution is -2.35. The molecular weight excluding hydrogens is 248 g/mol. The van der Waals surface area contributed by atoms with Crippen molar-refractivity contribution in [1.82, 2.24) is 10.2 Å². The maximum Gasteiger partial charge on any atom is 0.119 e. The average molecular weight is 276 g/mol. The van der Waals surface area contributed by atoms with Crippen LogP contribution < -0.4 is 10.1 Å². The summed E-state index contributed by atoms with van der Waals surface area (Å²) in [6.07, 6.45) is 3.62. The first kappa shape index (κ1) is 15.3. The summed E-state index contributed by atoms with van der Waals surface area (Å²) in [6, 6.07) is 8.93. The summed E-state index contributed by atoms with van der Waals surface area (Å²) < 4.78 is 5.77. The summed E-state index contributed by atoms with van der Waals surface area (Å²) in [5, 5.41) is 3.54. The summed E-state index contributed by atoms with van der Waals surface area (Å²) in [5.74, 6) is 0.989. The zero-order valence-corrected chi connectivity index (χ0v) is 12.9. The van der Waals surface area contributed by atoms with Crippen LogP contribution in [0.3, 0.4) is 0 Å². The van der Waals surface area contributed by atoms with E-state index in [2.05, 4.69) is 48.3 Å². The summed E-state index contributed by atoms with van der Waals surface area (Å²) in [7, 11) is 0. The molecule has 20 heavy (non-hydrogen) atoms. The SMILES string of the molecule is Cc1ccc(OCCCCN2CCCNC(C)C2)cc1. The van der Waals surface area contributed by atoms with Gasteiger partial charge in [0.05, 0.1) is 6.61 Å². The molecule has 1 aliphatic heterocycles. The van der Waals surface area contributed by atoms with Crippen molar-refractivity contribution in [3.8, 4) is 5.75 Å². The van der Waals surface area contributed by atoms with E-state index >= 15 is 0 Å². The molecule has 112 valence electrons. The molecule has 1 unspecified atom stereocenters. The zero-order chi connectivity index (χ0) is 14.2. The Morgan fingerprint density at radius 2 is 2.05 bits per heavy atom. The molecule has 1 aromatic carbocycles. The number of aryl methyl sites for hydroxylation is 1. The molecule has 1 heterocycles. The molecule has 1 atom stereocenters. The standard InChI is InChI=1S/C17H28N2O/c1-15-6-8-17(9-7-15)20-13-4-3-11-19-12-5-10-18-16(2)14-19/h6-9,16,18H,3-5,10-14H2,1-2H3. The maximum absolute atomic E-state index is 5.77. The molecule has 0 aromatic heterocycles. The molecule has 0 radical (unpaired) electrons. The molecule has 1 N–H and O–H groups in total. The van der Waals surface area contributed by atoms with Gasteiger partial charge in [-0.05, 0) is 64.9 Å². The highest BCUT2D eigenvalue weighted by Gasteiger charge is 2.12. The van der Waals surface area contributed by atoms with E-state index in [9.17, 15) is 0 Å². The summed E-state index contributed by atoms with van der Waals surface area (Å²) in [4.78, 5) is 2.58. The van der Waals surface area contributed by atoms with E-state index in [0.29, 0.717) is 6.04 Å². The minimum absolute atomic E-state index is 0.626. The monoisotopic (exact) mass is 276 g/mol. The van der Waals surface area contributed by atoms with E-state index in [4.69, 9.17) is 4.74 Å². The molecule has 0 bridgehead atoms. The van der Waals surface area contributed by atoms with Gasteiger partial charge in [0.15, 0.2) is 0 Å². The van der Waals surface area contributed by atoms with E-state index in [0.717, 1.165) is 25.3 Å². The van der Waals surface area contributed by atoms with Gasteiger partial charge in [0.1, 0.15) is 5.75 Å². The van der Waals surface area contributed by atoms with Gasteiger partial charge in [0, 0.05) is 12.6 Å². The van der Waals surface area contributed by atoms with Crippen molar-refractivity contribution in [3.05, 3.63) is 29.8 Å². The fourth-order valence-electron chi connectivity index (χ4n) is 2.66. The highest BCUT2D eigenvalue weighted by molar-refractivity contribution is 5.26. The minimum atomic E-state index is 0.626.